The molecule has 0 heterocycles. The maximum Gasteiger partial charge on any atom is 1.00 e. The fourth-order valence-electron chi connectivity index (χ4n) is 0.393. The van der Waals surface area contributed by atoms with Crippen molar-refractivity contribution in [2.24, 2.45) is 0 Å². The molecule has 10 heavy (non-hydrogen) atoms. The summed E-state index contributed by atoms with van der Waals surface area (Å²) in [6.45, 7) is 3.95. The van der Waals surface area contributed by atoms with E-state index in [0.29, 0.717) is 6.61 Å². The van der Waals surface area contributed by atoms with Crippen LogP contribution in [-0.4, -0.2) is 13.7 Å². The molecule has 1 nitrogen and oxygen atoms in total. The topological polar surface area (TPSA) is 9.23 Å². The minimum Gasteiger partial charge on any atom is -0.417 e. The van der Waals surface area contributed by atoms with Crippen LogP contribution in [0.5, 0.6) is 0 Å². The van der Waals surface area contributed by atoms with E-state index in [-0.39, 0.29) is 18.9 Å². The molecule has 0 spiro atoms. The summed E-state index contributed by atoms with van der Waals surface area (Å²) in [7, 11) is 1.62. The number of hydrogen-bond acceptors (Lipinski definition) is 1. The van der Waals surface area contributed by atoms with Crippen molar-refractivity contribution in [1.82, 2.24) is 0 Å². The van der Waals surface area contributed by atoms with Gasteiger partial charge in [0.15, 0.2) is 0 Å². The molecule has 1 aliphatic rings. The average molecular weight is 132 g/mol. The summed E-state index contributed by atoms with van der Waals surface area (Å²) < 4.78 is 4.43. The van der Waals surface area contributed by atoms with Gasteiger partial charge in [0, 0.05) is 7.11 Å². The third-order valence-corrected chi connectivity index (χ3v) is 0.860. The van der Waals surface area contributed by atoms with Gasteiger partial charge in [-0.05, 0) is 6.42 Å². The predicted molar refractivity (Wildman–Crippen MR) is 40.1 cm³/mol. The smallest absolute Gasteiger partial charge is 0.417 e. The first kappa shape index (κ1) is 12.7. The van der Waals surface area contributed by atoms with Crippen LogP contribution in [0.15, 0.2) is 24.3 Å². The van der Waals surface area contributed by atoms with Crippen molar-refractivity contribution in [3.8, 4) is 0 Å². The molecule has 0 bridgehead atoms. The summed E-state index contributed by atoms with van der Waals surface area (Å²) >= 11 is 0. The second-order valence-electron chi connectivity index (χ2n) is 1.58. The van der Waals surface area contributed by atoms with Gasteiger partial charge in [-0.25, -0.2) is 0 Å². The van der Waals surface area contributed by atoms with Gasteiger partial charge in [0.2, 0.25) is 0 Å². The molecule has 0 unspecified atom stereocenters. The zero-order chi connectivity index (χ0) is 6.95. The molecule has 0 atom stereocenters. The summed E-state index contributed by atoms with van der Waals surface area (Å²) in [5.41, 5.74) is 0. The molecular formula is C8H13LiO. The summed E-state index contributed by atoms with van der Waals surface area (Å²) in [5.74, 6) is 0. The molecule has 0 radical (unpaired) electrons. The number of allylic oxidation sites excluding steroid dienone is 4. The number of methoxy groups -OCH3 is 1. The van der Waals surface area contributed by atoms with Gasteiger partial charge in [-0.1, -0.05) is 30.9 Å². The van der Waals surface area contributed by atoms with Crippen molar-refractivity contribution in [3.05, 3.63) is 31.2 Å². The van der Waals surface area contributed by atoms with E-state index < -0.39 is 0 Å². The van der Waals surface area contributed by atoms with Crippen molar-refractivity contribution in [3.63, 3.8) is 0 Å². The zero-order valence-electron chi connectivity index (χ0n) is 6.84. The fraction of sp³-hybridized carbons (Fsp3) is 0.375. The van der Waals surface area contributed by atoms with E-state index in [9.17, 15) is 0 Å². The Hall–Kier alpha value is 0.0374. The van der Waals surface area contributed by atoms with Crippen LogP contribution in [0.4, 0.5) is 0 Å². The summed E-state index contributed by atoms with van der Waals surface area (Å²) in [4.78, 5) is 0. The molecule has 0 saturated carbocycles. The first-order chi connectivity index (χ1) is 4.41. The van der Waals surface area contributed by atoms with E-state index in [0.717, 1.165) is 6.42 Å². The van der Waals surface area contributed by atoms with E-state index in [1.807, 2.05) is 0 Å². The SMILES string of the molecule is C1=CCC=C1.[CH2-]COC.[Li+]. The van der Waals surface area contributed by atoms with Gasteiger partial charge in [0.25, 0.3) is 0 Å². The second kappa shape index (κ2) is 11.8. The van der Waals surface area contributed by atoms with E-state index in [2.05, 4.69) is 36.0 Å². The molecule has 0 N–H and O–H groups in total. The van der Waals surface area contributed by atoms with Crippen LogP contribution in [0.2, 0.25) is 0 Å². The first-order valence-electron chi connectivity index (χ1n) is 3.01. The minimum absolute atomic E-state index is 0. The molecule has 0 aromatic carbocycles. The van der Waals surface area contributed by atoms with Crippen molar-refractivity contribution in [1.29, 1.82) is 0 Å². The quantitative estimate of drug-likeness (QED) is 0.327. The second-order valence-corrected chi connectivity index (χ2v) is 1.58. The Labute approximate surface area is 75.3 Å². The van der Waals surface area contributed by atoms with Gasteiger partial charge in [-0.3, -0.25) is 0 Å². The Morgan fingerprint density at radius 3 is 1.90 bits per heavy atom. The third kappa shape index (κ3) is 10.9. The van der Waals surface area contributed by atoms with Gasteiger partial charge in [-0.2, -0.15) is 0 Å². The van der Waals surface area contributed by atoms with Gasteiger partial charge in [0.1, 0.15) is 0 Å². The van der Waals surface area contributed by atoms with Gasteiger partial charge >= 0.3 is 18.9 Å². The van der Waals surface area contributed by atoms with Crippen molar-refractivity contribution in [2.75, 3.05) is 13.7 Å². The third-order valence-electron chi connectivity index (χ3n) is 0.860. The Balaban J connectivity index is 0. The van der Waals surface area contributed by atoms with E-state index in [1.54, 1.807) is 7.11 Å². The molecule has 52 valence electrons. The van der Waals surface area contributed by atoms with Crippen LogP contribution in [0.25, 0.3) is 0 Å². The van der Waals surface area contributed by atoms with Crippen molar-refractivity contribution >= 4 is 0 Å². The average Bonchev–Trinajstić information content (AvgIpc) is 2.43. The maximum absolute atomic E-state index is 4.43. The molecule has 1 aliphatic carbocycles. The van der Waals surface area contributed by atoms with Crippen molar-refractivity contribution < 1.29 is 23.6 Å². The fourth-order valence-corrected chi connectivity index (χ4v) is 0.393. The van der Waals surface area contributed by atoms with Crippen LogP contribution in [0, 0.1) is 6.92 Å². The Morgan fingerprint density at radius 1 is 1.40 bits per heavy atom. The van der Waals surface area contributed by atoms with Crippen molar-refractivity contribution in [2.45, 2.75) is 6.42 Å². The molecular weight excluding hydrogens is 119 g/mol. The van der Waals surface area contributed by atoms with Crippen LogP contribution < -0.4 is 18.9 Å². The Kier molecular flexibility index (Phi) is 15.0. The summed E-state index contributed by atoms with van der Waals surface area (Å²) in [6.07, 6.45) is 9.50. The summed E-state index contributed by atoms with van der Waals surface area (Å²) in [6, 6.07) is 0. The van der Waals surface area contributed by atoms with Gasteiger partial charge in [-0.15, -0.1) is 0 Å². The standard InChI is InChI=1S/C5H6.C3H7O.Li/c1-2-4-5-3-1;1-3-4-2;/h1-4H,5H2;1,3H2,2H3;/q;-1;+1. The van der Waals surface area contributed by atoms with Gasteiger partial charge in [0.05, 0.1) is 0 Å². The van der Waals surface area contributed by atoms with E-state index in [4.69, 9.17) is 0 Å². The number of hydrogen-bond donors (Lipinski definition) is 0. The van der Waals surface area contributed by atoms with E-state index >= 15 is 0 Å². The Bertz CT molecular complexity index is 85.4. The molecule has 0 aliphatic heterocycles. The molecule has 0 fully saturated rings. The Morgan fingerprint density at radius 2 is 1.80 bits per heavy atom. The first-order valence-corrected chi connectivity index (χ1v) is 3.01. The van der Waals surface area contributed by atoms with Crippen LogP contribution in [-0.2, 0) is 4.74 Å². The predicted octanol–water partition coefficient (Wildman–Crippen LogP) is -1.03. The van der Waals surface area contributed by atoms with Crippen LogP contribution in [0.3, 0.4) is 0 Å². The molecule has 0 aromatic rings. The largest absolute Gasteiger partial charge is 1.00 e. The molecule has 0 amide bonds. The monoisotopic (exact) mass is 132 g/mol. The minimum atomic E-state index is 0. The zero-order valence-corrected chi connectivity index (χ0v) is 6.84. The summed E-state index contributed by atoms with van der Waals surface area (Å²) in [5, 5.41) is 0. The van der Waals surface area contributed by atoms with Crippen LogP contribution >= 0.6 is 0 Å². The van der Waals surface area contributed by atoms with E-state index in [1.165, 1.54) is 0 Å². The number of ether oxygens (including phenoxy) is 1. The molecule has 0 saturated heterocycles. The normalized spacial score (nSPS) is 11.8. The molecule has 1 rings (SSSR count). The number of rotatable bonds is 1. The van der Waals surface area contributed by atoms with Gasteiger partial charge < -0.3 is 11.7 Å². The molecule has 0 aromatic heterocycles. The molecule has 2 heteroatoms. The van der Waals surface area contributed by atoms with Crippen LogP contribution in [0.1, 0.15) is 6.42 Å². The maximum atomic E-state index is 4.43.